The summed E-state index contributed by atoms with van der Waals surface area (Å²) in [7, 11) is 0. The molecule has 2 heterocycles. The number of carbonyl (C=O) groups is 3. The number of hydrogen-bond acceptors (Lipinski definition) is 8. The molecule has 10 heteroatoms. The van der Waals surface area contributed by atoms with Crippen LogP contribution in [-0.2, 0) is 14.3 Å². The molecule has 1 aliphatic heterocycles. The summed E-state index contributed by atoms with van der Waals surface area (Å²) in [6.07, 6.45) is 1.45. The molecule has 190 valence electrons. The van der Waals surface area contributed by atoms with E-state index in [1.165, 1.54) is 11.0 Å². The standard InChI is InChI=1S/C27H23BrN2O6S/c1-4-13-36-26(34)24-15(3)29-27(37-24)30-21(17-7-6-8-18(28)14-17)20(23(32)25(30)33)22(31)16-9-11-19(12-10-16)35-5-2/h4,6-12,14,21,31H,1,5,13H2,2-3H3/b22-20-. The van der Waals surface area contributed by atoms with Crippen molar-refractivity contribution >= 4 is 55.8 Å². The summed E-state index contributed by atoms with van der Waals surface area (Å²) < 4.78 is 11.3. The quantitative estimate of drug-likeness (QED) is 0.121. The van der Waals surface area contributed by atoms with E-state index in [2.05, 4.69) is 27.5 Å². The molecule has 0 radical (unpaired) electrons. The van der Waals surface area contributed by atoms with E-state index in [1.807, 2.05) is 13.0 Å². The third-order valence-corrected chi connectivity index (χ3v) is 7.19. The predicted octanol–water partition coefficient (Wildman–Crippen LogP) is 5.58. The molecule has 1 aliphatic rings. The lowest BCUT2D eigenvalue weighted by molar-refractivity contribution is -0.132. The fraction of sp³-hybridized carbons (Fsp3) is 0.185. The molecule has 1 unspecified atom stereocenters. The van der Waals surface area contributed by atoms with Crippen LogP contribution in [0.25, 0.3) is 5.76 Å². The molecule has 1 N–H and O–H groups in total. The lowest BCUT2D eigenvalue weighted by atomic mass is 9.95. The van der Waals surface area contributed by atoms with Crippen LogP contribution < -0.4 is 9.64 Å². The number of aliphatic hydroxyl groups is 1. The molecular formula is C27H23BrN2O6S. The van der Waals surface area contributed by atoms with Crippen LogP contribution in [0.4, 0.5) is 5.13 Å². The summed E-state index contributed by atoms with van der Waals surface area (Å²) >= 11 is 4.38. The second-order valence-corrected chi connectivity index (χ2v) is 9.87. The van der Waals surface area contributed by atoms with E-state index in [0.29, 0.717) is 29.2 Å². The Balaban J connectivity index is 1.86. The average molecular weight is 583 g/mol. The number of esters is 1. The van der Waals surface area contributed by atoms with Crippen molar-refractivity contribution in [3.63, 3.8) is 0 Å². The van der Waals surface area contributed by atoms with Gasteiger partial charge in [-0.2, -0.15) is 0 Å². The van der Waals surface area contributed by atoms with Crippen LogP contribution >= 0.6 is 27.3 Å². The molecule has 0 saturated carbocycles. The number of ketones is 1. The van der Waals surface area contributed by atoms with Gasteiger partial charge in [-0.25, -0.2) is 9.78 Å². The summed E-state index contributed by atoms with van der Waals surface area (Å²) in [5, 5.41) is 11.4. The van der Waals surface area contributed by atoms with Crippen molar-refractivity contribution in [1.29, 1.82) is 0 Å². The van der Waals surface area contributed by atoms with Gasteiger partial charge < -0.3 is 14.6 Å². The van der Waals surface area contributed by atoms with Crippen molar-refractivity contribution in [3.05, 3.63) is 92.9 Å². The summed E-state index contributed by atoms with van der Waals surface area (Å²) in [6, 6.07) is 12.7. The number of thiazole rings is 1. The van der Waals surface area contributed by atoms with Gasteiger partial charge in [-0.1, -0.05) is 52.1 Å². The van der Waals surface area contributed by atoms with Crippen LogP contribution in [0.3, 0.4) is 0 Å². The van der Waals surface area contributed by atoms with E-state index in [-0.39, 0.29) is 27.9 Å². The van der Waals surface area contributed by atoms with E-state index in [4.69, 9.17) is 9.47 Å². The number of benzene rings is 2. The van der Waals surface area contributed by atoms with Crippen molar-refractivity contribution in [2.75, 3.05) is 18.1 Å². The number of ether oxygens (including phenoxy) is 2. The fourth-order valence-corrected chi connectivity index (χ4v) is 5.33. The number of carbonyl (C=O) groups excluding carboxylic acids is 3. The van der Waals surface area contributed by atoms with Gasteiger partial charge in [0, 0.05) is 10.0 Å². The molecule has 1 aromatic heterocycles. The molecule has 4 rings (SSSR count). The number of aryl methyl sites for hydroxylation is 1. The van der Waals surface area contributed by atoms with Crippen LogP contribution in [0.1, 0.15) is 39.5 Å². The highest BCUT2D eigenvalue weighted by Crippen LogP contribution is 2.44. The Bertz CT molecular complexity index is 1410. The largest absolute Gasteiger partial charge is 0.507 e. The van der Waals surface area contributed by atoms with Crippen LogP contribution in [0.2, 0.25) is 0 Å². The molecule has 0 bridgehead atoms. The van der Waals surface area contributed by atoms with Crippen LogP contribution in [0.5, 0.6) is 5.75 Å². The van der Waals surface area contributed by atoms with E-state index in [0.717, 1.165) is 15.8 Å². The molecule has 1 saturated heterocycles. The molecule has 2 aromatic carbocycles. The van der Waals surface area contributed by atoms with Crippen LogP contribution in [0, 0.1) is 6.92 Å². The first-order chi connectivity index (χ1) is 17.8. The summed E-state index contributed by atoms with van der Waals surface area (Å²) in [6.45, 7) is 7.52. The Labute approximate surface area is 226 Å². The summed E-state index contributed by atoms with van der Waals surface area (Å²) in [5.74, 6) is -2.05. The molecule has 37 heavy (non-hydrogen) atoms. The minimum atomic E-state index is -0.980. The second-order valence-electron chi connectivity index (χ2n) is 7.98. The average Bonchev–Trinajstić information content (AvgIpc) is 3.39. The fourth-order valence-electron chi connectivity index (χ4n) is 3.93. The Morgan fingerprint density at radius 3 is 2.62 bits per heavy atom. The van der Waals surface area contributed by atoms with Gasteiger partial charge in [-0.3, -0.25) is 14.5 Å². The molecule has 1 amide bonds. The van der Waals surface area contributed by atoms with Gasteiger partial charge in [0.15, 0.2) is 5.13 Å². The van der Waals surface area contributed by atoms with Gasteiger partial charge in [0.05, 0.1) is 23.9 Å². The van der Waals surface area contributed by atoms with E-state index < -0.39 is 23.7 Å². The lowest BCUT2D eigenvalue weighted by Crippen LogP contribution is -2.29. The third kappa shape index (κ3) is 5.21. The maximum absolute atomic E-state index is 13.4. The number of halogens is 1. The number of nitrogens with zero attached hydrogens (tertiary/aromatic N) is 2. The monoisotopic (exact) mass is 582 g/mol. The van der Waals surface area contributed by atoms with Gasteiger partial charge in [-0.15, -0.1) is 0 Å². The Morgan fingerprint density at radius 2 is 1.97 bits per heavy atom. The Hall–Kier alpha value is -3.76. The topological polar surface area (TPSA) is 106 Å². The number of amides is 1. The van der Waals surface area contributed by atoms with E-state index >= 15 is 0 Å². The SMILES string of the molecule is C=CCOC(=O)c1sc(N2C(=O)C(=O)/C(=C(\O)c3ccc(OCC)cc3)C2c2cccc(Br)c2)nc1C. The first-order valence-electron chi connectivity index (χ1n) is 11.3. The number of rotatable bonds is 8. The van der Waals surface area contributed by atoms with Crippen molar-refractivity contribution in [2.45, 2.75) is 19.9 Å². The zero-order valence-corrected chi connectivity index (χ0v) is 22.5. The highest BCUT2D eigenvalue weighted by atomic mass is 79.9. The van der Waals surface area contributed by atoms with Gasteiger partial charge in [0.25, 0.3) is 5.78 Å². The molecule has 8 nitrogen and oxygen atoms in total. The Kier molecular flexibility index (Phi) is 7.89. The zero-order chi connectivity index (χ0) is 26.7. The van der Waals surface area contributed by atoms with Gasteiger partial charge in [0.1, 0.15) is 23.0 Å². The van der Waals surface area contributed by atoms with Gasteiger partial charge >= 0.3 is 11.9 Å². The minimum absolute atomic E-state index is 0.0240. The normalized spacial score (nSPS) is 16.6. The van der Waals surface area contributed by atoms with Crippen LogP contribution in [0.15, 0.2) is 71.2 Å². The maximum Gasteiger partial charge on any atom is 0.350 e. The highest BCUT2D eigenvalue weighted by molar-refractivity contribution is 9.10. The van der Waals surface area contributed by atoms with E-state index in [1.54, 1.807) is 49.4 Å². The third-order valence-electron chi connectivity index (χ3n) is 5.56. The smallest absolute Gasteiger partial charge is 0.350 e. The number of anilines is 1. The molecule has 0 aliphatic carbocycles. The summed E-state index contributed by atoms with van der Waals surface area (Å²) in [5.41, 5.74) is 1.20. The lowest BCUT2D eigenvalue weighted by Gasteiger charge is -2.23. The maximum atomic E-state index is 13.4. The molecule has 3 aromatic rings. The Morgan fingerprint density at radius 1 is 1.24 bits per heavy atom. The number of hydrogen-bond donors (Lipinski definition) is 1. The van der Waals surface area contributed by atoms with Crippen molar-refractivity contribution in [1.82, 2.24) is 4.98 Å². The molecule has 1 atom stereocenters. The minimum Gasteiger partial charge on any atom is -0.507 e. The molecule has 1 fully saturated rings. The van der Waals surface area contributed by atoms with E-state index in [9.17, 15) is 19.5 Å². The van der Waals surface area contributed by atoms with Crippen molar-refractivity contribution in [2.24, 2.45) is 0 Å². The number of aliphatic hydroxyl groups excluding tert-OH is 1. The van der Waals surface area contributed by atoms with Gasteiger partial charge in [0.2, 0.25) is 0 Å². The van der Waals surface area contributed by atoms with Gasteiger partial charge in [-0.05, 0) is 55.8 Å². The number of Topliss-reactive ketones (excluding diaryl/α,β-unsaturated/α-hetero) is 1. The molecular weight excluding hydrogens is 560 g/mol. The highest BCUT2D eigenvalue weighted by Gasteiger charge is 2.48. The second kappa shape index (κ2) is 11.1. The van der Waals surface area contributed by atoms with Crippen molar-refractivity contribution < 1.29 is 29.0 Å². The summed E-state index contributed by atoms with van der Waals surface area (Å²) in [4.78, 5) is 45.0. The zero-order valence-electron chi connectivity index (χ0n) is 20.1. The molecule has 0 spiro atoms. The van der Waals surface area contributed by atoms with Crippen LogP contribution in [-0.4, -0.2) is 41.0 Å². The number of aromatic nitrogens is 1. The predicted molar refractivity (Wildman–Crippen MR) is 144 cm³/mol. The van der Waals surface area contributed by atoms with Crippen molar-refractivity contribution in [3.8, 4) is 5.75 Å². The first-order valence-corrected chi connectivity index (χ1v) is 12.9. The first kappa shape index (κ1) is 26.3.